The molecule has 1 aromatic heterocycles. The van der Waals surface area contributed by atoms with Gasteiger partial charge in [-0.15, -0.1) is 0 Å². The number of hydrogen-bond acceptors (Lipinski definition) is 1. The van der Waals surface area contributed by atoms with Crippen LogP contribution in [0.3, 0.4) is 0 Å². The molecular weight excluding hydrogens is 544 g/mol. The average Bonchev–Trinajstić information content (AvgIpc) is 3.68. The predicted octanol–water partition coefficient (Wildman–Crippen LogP) is 11.3. The quantitative estimate of drug-likeness (QED) is 0.188. The first-order valence-electron chi connectivity index (χ1n) is 19.9. The Labute approximate surface area is 277 Å². The van der Waals surface area contributed by atoms with Gasteiger partial charge in [0, 0.05) is 15.2 Å². The summed E-state index contributed by atoms with van der Waals surface area (Å²) in [7, 11) is 0. The molecule has 0 saturated carbocycles. The summed E-state index contributed by atoms with van der Waals surface area (Å²) in [6.07, 6.45) is 0. The first kappa shape index (κ1) is 17.7. The molecule has 0 saturated heterocycles. The van der Waals surface area contributed by atoms with Gasteiger partial charge in [-0.1, -0.05) is 123 Å². The van der Waals surface area contributed by atoms with E-state index in [0.29, 0.717) is 33.4 Å². The Hall–Kier alpha value is -5.47. The second kappa shape index (κ2) is 9.51. The topological polar surface area (TPSA) is 17.8 Å². The van der Waals surface area contributed by atoms with Gasteiger partial charge in [0.1, 0.15) is 5.82 Å². The highest BCUT2D eigenvalue weighted by Gasteiger charge is 2.35. The standard InChI is InChI=1S/C43H32N2/c1-27-44-39-18-10-11-19-40(39)45(27)30-23-20-28(21-24-30)41-33-13-4-6-15-35(33)42(36-16-7-5-14-34(36)41)29-22-25-32-31-12-8-9-17-37(31)43(2,3)38(32)26-29/h4-26H,1-3H3/i1D3,8D,9D,12D,17D,22D,25D,26D. The normalized spacial score (nSPS) is 16.8. The Morgan fingerprint density at radius 1 is 0.622 bits per heavy atom. The lowest BCUT2D eigenvalue weighted by Gasteiger charge is -2.23. The van der Waals surface area contributed by atoms with Crippen LogP contribution in [-0.4, -0.2) is 9.55 Å². The molecule has 0 aliphatic heterocycles. The Morgan fingerprint density at radius 3 is 1.91 bits per heavy atom. The van der Waals surface area contributed by atoms with Crippen LogP contribution in [0.15, 0.2) is 139 Å². The Balaban J connectivity index is 1.30. The molecule has 1 aliphatic carbocycles. The van der Waals surface area contributed by atoms with Crippen molar-refractivity contribution in [2.45, 2.75) is 26.1 Å². The maximum absolute atomic E-state index is 9.79. The summed E-state index contributed by atoms with van der Waals surface area (Å²) in [5.74, 6) is -0.0216. The van der Waals surface area contributed by atoms with Crippen LogP contribution in [0.25, 0.3) is 71.6 Å². The zero-order valence-electron chi connectivity index (χ0n) is 34.6. The van der Waals surface area contributed by atoms with Crippen LogP contribution in [0.4, 0.5) is 0 Å². The van der Waals surface area contributed by atoms with Crippen LogP contribution in [0.5, 0.6) is 0 Å². The highest BCUT2D eigenvalue weighted by molar-refractivity contribution is 6.21. The molecule has 2 nitrogen and oxygen atoms in total. The van der Waals surface area contributed by atoms with Gasteiger partial charge < -0.3 is 0 Å². The van der Waals surface area contributed by atoms with Crippen molar-refractivity contribution in [1.29, 1.82) is 0 Å². The molecule has 0 atom stereocenters. The molecule has 0 fully saturated rings. The molecule has 7 aromatic carbocycles. The predicted molar refractivity (Wildman–Crippen MR) is 189 cm³/mol. The molecule has 0 radical (unpaired) electrons. The number of aryl methyl sites for hydroxylation is 1. The van der Waals surface area contributed by atoms with E-state index in [-0.39, 0.29) is 58.8 Å². The number of imidazole rings is 1. The van der Waals surface area contributed by atoms with Gasteiger partial charge in [0.15, 0.2) is 0 Å². The van der Waals surface area contributed by atoms with E-state index in [9.17, 15) is 4.11 Å². The van der Waals surface area contributed by atoms with Gasteiger partial charge in [-0.05, 0) is 103 Å². The Kier molecular flexibility index (Phi) is 3.75. The third kappa shape index (κ3) is 3.72. The van der Waals surface area contributed by atoms with E-state index >= 15 is 0 Å². The van der Waals surface area contributed by atoms with Crippen LogP contribution < -0.4 is 0 Å². The zero-order valence-corrected chi connectivity index (χ0v) is 24.6. The molecule has 0 N–H and O–H groups in total. The molecule has 0 amide bonds. The molecule has 2 heteroatoms. The van der Waals surface area contributed by atoms with E-state index < -0.39 is 18.3 Å². The van der Waals surface area contributed by atoms with E-state index in [1.165, 1.54) is 0 Å². The van der Waals surface area contributed by atoms with E-state index in [1.807, 2.05) is 105 Å². The van der Waals surface area contributed by atoms with Crippen molar-refractivity contribution in [2.75, 3.05) is 0 Å². The highest BCUT2D eigenvalue weighted by Crippen LogP contribution is 2.51. The highest BCUT2D eigenvalue weighted by atomic mass is 15.1. The summed E-state index contributed by atoms with van der Waals surface area (Å²) >= 11 is 0. The molecule has 0 bridgehead atoms. The van der Waals surface area contributed by atoms with Gasteiger partial charge >= 0.3 is 0 Å². The van der Waals surface area contributed by atoms with E-state index in [1.54, 1.807) is 10.6 Å². The monoisotopic (exact) mass is 586 g/mol. The molecular formula is C43H32N2. The van der Waals surface area contributed by atoms with Crippen LogP contribution in [-0.2, 0) is 5.41 Å². The summed E-state index contributed by atoms with van der Waals surface area (Å²) in [5.41, 5.74) is 4.67. The molecule has 0 unspecified atom stereocenters. The molecule has 0 spiro atoms. The number of aromatic nitrogens is 2. The van der Waals surface area contributed by atoms with Crippen molar-refractivity contribution in [3.8, 4) is 39.1 Å². The summed E-state index contributed by atoms with van der Waals surface area (Å²) in [5, 5.41) is 3.25. The number of nitrogens with zero attached hydrogens (tertiary/aromatic N) is 2. The summed E-state index contributed by atoms with van der Waals surface area (Å²) in [4.78, 5) is 4.46. The smallest absolute Gasteiger partial charge is 0.111 e. The molecule has 214 valence electrons. The lowest BCUT2D eigenvalue weighted by Crippen LogP contribution is -2.14. The Morgan fingerprint density at radius 2 is 1.22 bits per heavy atom. The third-order valence-electron chi connectivity index (χ3n) is 9.16. The summed E-state index contributed by atoms with van der Waals surface area (Å²) in [6, 6.07) is 29.0. The number of fused-ring (bicyclic) bond motifs is 6. The number of hydrogen-bond donors (Lipinski definition) is 0. The van der Waals surface area contributed by atoms with Gasteiger partial charge in [-0.3, -0.25) is 4.57 Å². The fraction of sp³-hybridized carbons (Fsp3) is 0.0930. The van der Waals surface area contributed by atoms with Crippen molar-refractivity contribution in [1.82, 2.24) is 9.55 Å². The fourth-order valence-corrected chi connectivity index (χ4v) is 7.05. The van der Waals surface area contributed by atoms with Crippen molar-refractivity contribution < 1.29 is 13.7 Å². The van der Waals surface area contributed by atoms with Crippen molar-refractivity contribution >= 4 is 32.6 Å². The first-order valence-corrected chi connectivity index (χ1v) is 14.9. The minimum Gasteiger partial charge on any atom is -0.297 e. The molecule has 45 heavy (non-hydrogen) atoms. The van der Waals surface area contributed by atoms with Crippen LogP contribution in [0, 0.1) is 6.85 Å². The minimum atomic E-state index is -2.44. The number of para-hydroxylation sites is 2. The maximum Gasteiger partial charge on any atom is 0.111 e. The maximum atomic E-state index is 9.79. The van der Waals surface area contributed by atoms with Crippen molar-refractivity contribution in [2.24, 2.45) is 0 Å². The van der Waals surface area contributed by atoms with E-state index in [0.717, 1.165) is 32.7 Å². The van der Waals surface area contributed by atoms with Gasteiger partial charge in [-0.2, -0.15) is 0 Å². The summed E-state index contributed by atoms with van der Waals surface area (Å²) in [6.45, 7) is 1.20. The molecule has 1 heterocycles. The lowest BCUT2D eigenvalue weighted by atomic mass is 9.80. The second-order valence-electron chi connectivity index (χ2n) is 12.0. The van der Waals surface area contributed by atoms with Crippen molar-refractivity contribution in [3.05, 3.63) is 156 Å². The molecule has 8 aromatic rings. The van der Waals surface area contributed by atoms with Gasteiger partial charge in [0.25, 0.3) is 0 Å². The average molecular weight is 587 g/mol. The van der Waals surface area contributed by atoms with Gasteiger partial charge in [0.05, 0.1) is 20.6 Å². The summed E-state index contributed by atoms with van der Waals surface area (Å²) < 4.78 is 89.3. The lowest BCUT2D eigenvalue weighted by molar-refractivity contribution is 0.660. The SMILES string of the molecule is [2H]c1c([2H])c([2H])c2c(c1[2H])-c1c([2H])c([2H])c(-c3c4ccccc4c(-c4ccc(-n5c(C([2H])([2H])[2H])nc6ccccc65)cc4)c4ccccc34)c([2H])c1C2(C)C. The fourth-order valence-electron chi connectivity index (χ4n) is 7.05. The van der Waals surface area contributed by atoms with Gasteiger partial charge in [0.2, 0.25) is 0 Å². The number of rotatable bonds is 3. The van der Waals surface area contributed by atoms with Gasteiger partial charge in [-0.25, -0.2) is 4.98 Å². The van der Waals surface area contributed by atoms with Crippen molar-refractivity contribution in [3.63, 3.8) is 0 Å². The van der Waals surface area contributed by atoms with Crippen LogP contribution in [0.2, 0.25) is 0 Å². The Bertz CT molecular complexity index is 2900. The largest absolute Gasteiger partial charge is 0.297 e. The molecule has 1 aliphatic rings. The van der Waals surface area contributed by atoms with E-state index in [4.69, 9.17) is 9.60 Å². The first-order chi connectivity index (χ1) is 26.1. The zero-order chi connectivity index (χ0) is 38.9. The van der Waals surface area contributed by atoms with Crippen LogP contribution >= 0.6 is 0 Å². The number of benzene rings is 7. The second-order valence-corrected chi connectivity index (χ2v) is 12.0. The van der Waals surface area contributed by atoms with Crippen LogP contribution in [0.1, 0.15) is 44.5 Å². The third-order valence-corrected chi connectivity index (χ3v) is 9.16. The minimum absolute atomic E-state index is 0.0130. The molecule has 9 rings (SSSR count). The van der Waals surface area contributed by atoms with E-state index in [2.05, 4.69) is 4.98 Å².